The molecule has 1 aliphatic rings. The van der Waals surface area contributed by atoms with Gasteiger partial charge in [0.05, 0.1) is 6.54 Å². The van der Waals surface area contributed by atoms with Crippen molar-refractivity contribution in [1.29, 1.82) is 0 Å². The summed E-state index contributed by atoms with van der Waals surface area (Å²) < 4.78 is 0. The van der Waals surface area contributed by atoms with Crippen LogP contribution in [0.15, 0.2) is 29.3 Å². The number of carbonyl (C=O) groups is 1. The van der Waals surface area contributed by atoms with E-state index in [1.54, 1.807) is 0 Å². The van der Waals surface area contributed by atoms with Crippen molar-refractivity contribution in [3.05, 3.63) is 35.4 Å². The van der Waals surface area contributed by atoms with Crippen molar-refractivity contribution in [1.82, 2.24) is 20.9 Å². The summed E-state index contributed by atoms with van der Waals surface area (Å²) in [5, 5.41) is 9.68. The molecule has 1 heterocycles. The first-order valence-electron chi connectivity index (χ1n) is 11.3. The third kappa shape index (κ3) is 9.31. The number of aliphatic imine (C=N–C) groups is 1. The van der Waals surface area contributed by atoms with E-state index in [2.05, 4.69) is 34.7 Å². The molecule has 0 radical (unpaired) electrons. The van der Waals surface area contributed by atoms with Crippen molar-refractivity contribution in [2.24, 2.45) is 4.99 Å². The molecule has 3 N–H and O–H groups in total. The molecule has 1 aliphatic heterocycles. The van der Waals surface area contributed by atoms with Crippen molar-refractivity contribution in [3.63, 3.8) is 0 Å². The Balaban J connectivity index is 1.81. The number of likely N-dealkylation sites (tertiary alicyclic amines) is 1. The van der Waals surface area contributed by atoms with Gasteiger partial charge in [0.25, 0.3) is 5.91 Å². The molecule has 0 bridgehead atoms. The Hall–Kier alpha value is -2.08. The van der Waals surface area contributed by atoms with E-state index in [-0.39, 0.29) is 5.91 Å². The number of nitrogens with zero attached hydrogens (tertiary/aromatic N) is 2. The van der Waals surface area contributed by atoms with Crippen LogP contribution in [0.5, 0.6) is 0 Å². The standard InChI is InChI=1S/C23H39N5O/c1-3-13-25-22(29)21-12-9-11-20(18-21)19-27-23(24-4-2)26-14-10-17-28-15-7-5-6-8-16-28/h9,11-12,18H,3-8,10,13-17,19H2,1-2H3,(H,25,29)(H2,24,26,27). The Labute approximate surface area is 176 Å². The Morgan fingerprint density at radius 3 is 2.55 bits per heavy atom. The lowest BCUT2D eigenvalue weighted by molar-refractivity contribution is 0.0953. The molecule has 1 saturated heterocycles. The topological polar surface area (TPSA) is 68.8 Å². The van der Waals surface area contributed by atoms with Crippen LogP contribution in [0.1, 0.15) is 68.3 Å². The van der Waals surface area contributed by atoms with E-state index in [1.165, 1.54) is 38.8 Å². The van der Waals surface area contributed by atoms with Crippen LogP contribution in [0, 0.1) is 0 Å². The molecule has 0 saturated carbocycles. The molecule has 0 atom stereocenters. The fourth-order valence-electron chi connectivity index (χ4n) is 3.53. The molecule has 2 rings (SSSR count). The number of hydrogen-bond acceptors (Lipinski definition) is 3. The first-order chi connectivity index (χ1) is 14.2. The number of rotatable bonds is 10. The van der Waals surface area contributed by atoms with Crippen LogP contribution in [0.3, 0.4) is 0 Å². The first-order valence-corrected chi connectivity index (χ1v) is 11.3. The van der Waals surface area contributed by atoms with Gasteiger partial charge in [0.15, 0.2) is 5.96 Å². The van der Waals surface area contributed by atoms with E-state index in [1.807, 2.05) is 24.3 Å². The third-order valence-corrected chi connectivity index (χ3v) is 5.13. The normalized spacial score (nSPS) is 15.6. The van der Waals surface area contributed by atoms with Gasteiger partial charge in [-0.05, 0) is 69.9 Å². The summed E-state index contributed by atoms with van der Waals surface area (Å²) in [4.78, 5) is 19.4. The van der Waals surface area contributed by atoms with Gasteiger partial charge in [-0.25, -0.2) is 4.99 Å². The number of benzene rings is 1. The van der Waals surface area contributed by atoms with Gasteiger partial charge in [0, 0.05) is 25.2 Å². The lowest BCUT2D eigenvalue weighted by Crippen LogP contribution is -2.39. The van der Waals surface area contributed by atoms with Gasteiger partial charge in [-0.3, -0.25) is 4.79 Å². The van der Waals surface area contributed by atoms with Crippen molar-refractivity contribution >= 4 is 11.9 Å². The molecule has 0 spiro atoms. The lowest BCUT2D eigenvalue weighted by Gasteiger charge is -2.20. The molecular formula is C23H39N5O. The number of guanidine groups is 1. The maximum atomic E-state index is 12.1. The Bertz CT molecular complexity index is 623. The zero-order chi connectivity index (χ0) is 20.7. The smallest absolute Gasteiger partial charge is 0.251 e. The second-order valence-corrected chi connectivity index (χ2v) is 7.69. The second-order valence-electron chi connectivity index (χ2n) is 7.69. The molecule has 1 aromatic rings. The lowest BCUT2D eigenvalue weighted by atomic mass is 10.1. The minimum atomic E-state index is -0.0174. The van der Waals surface area contributed by atoms with Gasteiger partial charge in [-0.15, -0.1) is 0 Å². The number of carbonyl (C=O) groups excluding carboxylic acids is 1. The first kappa shape index (κ1) is 23.2. The predicted octanol–water partition coefficient (Wildman–Crippen LogP) is 3.15. The van der Waals surface area contributed by atoms with Gasteiger partial charge in [0.1, 0.15) is 0 Å². The van der Waals surface area contributed by atoms with Gasteiger partial charge in [0.2, 0.25) is 0 Å². The van der Waals surface area contributed by atoms with E-state index in [4.69, 9.17) is 4.99 Å². The molecule has 1 aromatic carbocycles. The summed E-state index contributed by atoms with van der Waals surface area (Å²) in [5.74, 6) is 0.820. The zero-order valence-electron chi connectivity index (χ0n) is 18.3. The van der Waals surface area contributed by atoms with Crippen LogP contribution in [0.4, 0.5) is 0 Å². The quantitative estimate of drug-likeness (QED) is 0.320. The highest BCUT2D eigenvalue weighted by molar-refractivity contribution is 5.94. The molecule has 1 fully saturated rings. The van der Waals surface area contributed by atoms with E-state index >= 15 is 0 Å². The largest absolute Gasteiger partial charge is 0.357 e. The van der Waals surface area contributed by atoms with Crippen LogP contribution in [-0.4, -0.2) is 56.0 Å². The third-order valence-electron chi connectivity index (χ3n) is 5.13. The van der Waals surface area contributed by atoms with Crippen LogP contribution in [-0.2, 0) is 6.54 Å². The summed E-state index contributed by atoms with van der Waals surface area (Å²) >= 11 is 0. The Kier molecular flexibility index (Phi) is 11.2. The number of hydrogen-bond donors (Lipinski definition) is 3. The van der Waals surface area contributed by atoms with E-state index in [0.717, 1.165) is 44.0 Å². The fourth-order valence-corrected chi connectivity index (χ4v) is 3.53. The minimum Gasteiger partial charge on any atom is -0.357 e. The highest BCUT2D eigenvalue weighted by atomic mass is 16.1. The minimum absolute atomic E-state index is 0.0174. The SMILES string of the molecule is CCCNC(=O)c1cccc(CN=C(NCC)NCCCN2CCCCCC2)c1. The van der Waals surface area contributed by atoms with Crippen molar-refractivity contribution in [2.45, 2.75) is 58.9 Å². The molecular weight excluding hydrogens is 362 g/mol. The zero-order valence-corrected chi connectivity index (χ0v) is 18.3. The highest BCUT2D eigenvalue weighted by Crippen LogP contribution is 2.09. The average Bonchev–Trinajstić information content (AvgIpc) is 3.02. The molecule has 0 aliphatic carbocycles. The average molecular weight is 402 g/mol. The number of nitrogens with one attached hydrogen (secondary N) is 3. The summed E-state index contributed by atoms with van der Waals surface area (Å²) in [5.41, 5.74) is 1.73. The maximum absolute atomic E-state index is 12.1. The van der Waals surface area contributed by atoms with Crippen molar-refractivity contribution in [2.75, 3.05) is 39.3 Å². The summed E-state index contributed by atoms with van der Waals surface area (Å²) in [6.45, 7) is 10.8. The van der Waals surface area contributed by atoms with Crippen molar-refractivity contribution in [3.8, 4) is 0 Å². The summed E-state index contributed by atoms with van der Waals surface area (Å²) in [6.07, 6.45) is 7.50. The maximum Gasteiger partial charge on any atom is 0.251 e. The van der Waals surface area contributed by atoms with Gasteiger partial charge in [-0.1, -0.05) is 31.9 Å². The molecule has 0 aromatic heterocycles. The molecule has 162 valence electrons. The van der Waals surface area contributed by atoms with Crippen LogP contribution in [0.25, 0.3) is 0 Å². The monoisotopic (exact) mass is 401 g/mol. The van der Waals surface area contributed by atoms with E-state index in [0.29, 0.717) is 18.7 Å². The predicted molar refractivity (Wildman–Crippen MR) is 121 cm³/mol. The summed E-state index contributed by atoms with van der Waals surface area (Å²) in [6, 6.07) is 7.72. The summed E-state index contributed by atoms with van der Waals surface area (Å²) in [7, 11) is 0. The molecule has 6 heteroatoms. The molecule has 29 heavy (non-hydrogen) atoms. The van der Waals surface area contributed by atoms with Crippen LogP contribution >= 0.6 is 0 Å². The molecule has 0 unspecified atom stereocenters. The van der Waals surface area contributed by atoms with Gasteiger partial charge >= 0.3 is 0 Å². The highest BCUT2D eigenvalue weighted by Gasteiger charge is 2.08. The number of amides is 1. The Morgan fingerprint density at radius 1 is 1.03 bits per heavy atom. The van der Waals surface area contributed by atoms with Gasteiger partial charge < -0.3 is 20.9 Å². The van der Waals surface area contributed by atoms with Crippen molar-refractivity contribution < 1.29 is 4.79 Å². The molecule has 1 amide bonds. The second kappa shape index (κ2) is 14.0. The fraction of sp³-hybridized carbons (Fsp3) is 0.652. The van der Waals surface area contributed by atoms with E-state index < -0.39 is 0 Å². The van der Waals surface area contributed by atoms with Crippen LogP contribution < -0.4 is 16.0 Å². The molecule has 6 nitrogen and oxygen atoms in total. The Morgan fingerprint density at radius 2 is 1.83 bits per heavy atom. The van der Waals surface area contributed by atoms with Gasteiger partial charge in [-0.2, -0.15) is 0 Å². The van der Waals surface area contributed by atoms with E-state index in [9.17, 15) is 4.79 Å². The van der Waals surface area contributed by atoms with Crippen LogP contribution in [0.2, 0.25) is 0 Å².